The minimum Gasteiger partial charge on any atom is -0.372 e. The first-order valence-corrected chi connectivity index (χ1v) is 9.33. The van der Waals surface area contributed by atoms with Crippen molar-refractivity contribution >= 4 is 0 Å². The van der Waals surface area contributed by atoms with E-state index in [1.165, 1.54) is 36.8 Å². The lowest BCUT2D eigenvalue weighted by Gasteiger charge is -2.34. The van der Waals surface area contributed by atoms with Crippen molar-refractivity contribution in [3.63, 3.8) is 0 Å². The van der Waals surface area contributed by atoms with Gasteiger partial charge in [-0.15, -0.1) is 0 Å². The zero-order valence-corrected chi connectivity index (χ0v) is 14.8. The average Bonchev–Trinajstić information content (AvgIpc) is 2.85. The lowest BCUT2D eigenvalue weighted by Crippen LogP contribution is -2.26. The van der Waals surface area contributed by atoms with Crippen molar-refractivity contribution in [2.24, 2.45) is 28.6 Å². The Morgan fingerprint density at radius 2 is 1.87 bits per heavy atom. The molecule has 0 radical (unpaired) electrons. The Labute approximate surface area is 141 Å². The van der Waals surface area contributed by atoms with Gasteiger partial charge < -0.3 is 4.74 Å². The molecular formula is C22H30O. The Bertz CT molecular complexity index is 590. The third kappa shape index (κ3) is 2.31. The van der Waals surface area contributed by atoms with Gasteiger partial charge in [0.15, 0.2) is 0 Å². The predicted molar refractivity (Wildman–Crippen MR) is 95.0 cm³/mol. The summed E-state index contributed by atoms with van der Waals surface area (Å²) in [5, 5.41) is 0. The molecule has 124 valence electrons. The second-order valence-corrected chi connectivity index (χ2v) is 8.65. The Hall–Kier alpha value is -1.08. The van der Waals surface area contributed by atoms with Crippen molar-refractivity contribution in [3.8, 4) is 0 Å². The first-order chi connectivity index (χ1) is 11.1. The quantitative estimate of drug-likeness (QED) is 0.595. The summed E-state index contributed by atoms with van der Waals surface area (Å²) in [6.07, 6.45) is 8.08. The van der Waals surface area contributed by atoms with Crippen LogP contribution >= 0.6 is 0 Å². The van der Waals surface area contributed by atoms with Gasteiger partial charge in [0, 0.05) is 0 Å². The summed E-state index contributed by atoms with van der Waals surface area (Å²) in [5.41, 5.74) is 3.95. The molecule has 0 N–H and O–H groups in total. The summed E-state index contributed by atoms with van der Waals surface area (Å²) in [7, 11) is 0. The maximum absolute atomic E-state index is 5.84. The number of allylic oxidation sites excluding steroid dienone is 1. The van der Waals surface area contributed by atoms with Crippen molar-refractivity contribution in [3.05, 3.63) is 47.5 Å². The summed E-state index contributed by atoms with van der Waals surface area (Å²) >= 11 is 0. The summed E-state index contributed by atoms with van der Waals surface area (Å²) in [6, 6.07) is 10.4. The Morgan fingerprint density at radius 1 is 1.17 bits per heavy atom. The second-order valence-electron chi connectivity index (χ2n) is 8.65. The lowest BCUT2D eigenvalue weighted by atomic mass is 9.71. The fraction of sp³-hybridized carbons (Fsp3) is 0.636. The molecule has 4 aliphatic carbocycles. The van der Waals surface area contributed by atoms with Crippen LogP contribution in [0.25, 0.3) is 0 Å². The fourth-order valence-electron chi connectivity index (χ4n) is 6.09. The van der Waals surface area contributed by atoms with Crippen molar-refractivity contribution < 1.29 is 4.74 Å². The molecule has 3 unspecified atom stereocenters. The van der Waals surface area contributed by atoms with Gasteiger partial charge in [0.2, 0.25) is 0 Å². The van der Waals surface area contributed by atoms with Crippen LogP contribution in [0.5, 0.6) is 0 Å². The zero-order chi connectivity index (χ0) is 16.1. The van der Waals surface area contributed by atoms with E-state index in [1.807, 2.05) is 6.07 Å². The van der Waals surface area contributed by atoms with Gasteiger partial charge in [-0.1, -0.05) is 55.8 Å². The van der Waals surface area contributed by atoms with Crippen LogP contribution in [-0.4, -0.2) is 6.61 Å². The molecule has 4 saturated carbocycles. The summed E-state index contributed by atoms with van der Waals surface area (Å²) in [5.74, 6) is 3.18. The van der Waals surface area contributed by atoms with Crippen molar-refractivity contribution in [2.45, 2.75) is 53.1 Å². The van der Waals surface area contributed by atoms with Gasteiger partial charge in [0.05, 0.1) is 13.2 Å². The Morgan fingerprint density at radius 3 is 2.48 bits per heavy atom. The standard InChI is InChI=1S/C22H30O/c1-16(14-23-15-17-9-5-4-6-10-17)8-7-11-21(2)18-12-19-20(13-18)22(19,21)3/h4-6,8-10,18-20H,7,11-15H2,1-3H3/b16-8+. The third-order valence-electron chi connectivity index (χ3n) is 7.72. The lowest BCUT2D eigenvalue weighted by molar-refractivity contribution is 0.141. The molecule has 1 aromatic carbocycles. The first-order valence-electron chi connectivity index (χ1n) is 9.33. The molecular weight excluding hydrogens is 280 g/mol. The maximum Gasteiger partial charge on any atom is 0.0721 e. The minimum absolute atomic E-state index is 0.615. The predicted octanol–water partition coefficient (Wildman–Crippen LogP) is 5.61. The monoisotopic (exact) mass is 310 g/mol. The fourth-order valence-corrected chi connectivity index (χ4v) is 6.09. The highest BCUT2D eigenvalue weighted by Gasteiger charge is 2.80. The van der Waals surface area contributed by atoms with Crippen LogP contribution in [0.2, 0.25) is 0 Å². The smallest absolute Gasteiger partial charge is 0.0721 e. The van der Waals surface area contributed by atoms with E-state index in [1.54, 1.807) is 0 Å². The Balaban J connectivity index is 1.24. The van der Waals surface area contributed by atoms with E-state index >= 15 is 0 Å². The van der Waals surface area contributed by atoms with E-state index in [4.69, 9.17) is 4.74 Å². The minimum atomic E-state index is 0.615. The van der Waals surface area contributed by atoms with E-state index in [9.17, 15) is 0 Å². The molecule has 23 heavy (non-hydrogen) atoms. The van der Waals surface area contributed by atoms with Gasteiger partial charge in [-0.2, -0.15) is 0 Å². The van der Waals surface area contributed by atoms with Crippen molar-refractivity contribution in [2.75, 3.05) is 6.61 Å². The van der Waals surface area contributed by atoms with E-state index in [2.05, 4.69) is 51.1 Å². The van der Waals surface area contributed by atoms with E-state index < -0.39 is 0 Å². The molecule has 4 aliphatic rings. The first kappa shape index (κ1) is 15.4. The van der Waals surface area contributed by atoms with Crippen molar-refractivity contribution in [1.82, 2.24) is 0 Å². The highest BCUT2D eigenvalue weighted by molar-refractivity contribution is 5.29. The number of rotatable bonds is 7. The van der Waals surface area contributed by atoms with Gasteiger partial charge >= 0.3 is 0 Å². The van der Waals surface area contributed by atoms with Gasteiger partial charge in [0.25, 0.3) is 0 Å². The summed E-state index contributed by atoms with van der Waals surface area (Å²) < 4.78 is 5.84. The van der Waals surface area contributed by atoms with Crippen LogP contribution < -0.4 is 0 Å². The third-order valence-corrected chi connectivity index (χ3v) is 7.72. The maximum atomic E-state index is 5.84. The number of benzene rings is 1. The molecule has 5 rings (SSSR count). The number of hydrogen-bond donors (Lipinski definition) is 0. The highest BCUT2D eigenvalue weighted by Crippen LogP contribution is 2.87. The van der Waals surface area contributed by atoms with Crippen molar-refractivity contribution in [1.29, 1.82) is 0 Å². The molecule has 3 atom stereocenters. The molecule has 1 aromatic rings. The molecule has 0 heterocycles. The average molecular weight is 310 g/mol. The molecule has 0 aromatic heterocycles. The van der Waals surface area contributed by atoms with Crippen LogP contribution in [0.4, 0.5) is 0 Å². The number of hydrogen-bond acceptors (Lipinski definition) is 1. The van der Waals surface area contributed by atoms with Crippen LogP contribution in [0.15, 0.2) is 42.0 Å². The van der Waals surface area contributed by atoms with E-state index in [0.29, 0.717) is 17.4 Å². The topological polar surface area (TPSA) is 9.23 Å². The molecule has 1 heteroatoms. The Kier molecular flexibility index (Phi) is 3.68. The second kappa shape index (κ2) is 5.48. The van der Waals surface area contributed by atoms with Crippen LogP contribution in [0, 0.1) is 28.6 Å². The van der Waals surface area contributed by atoms with Gasteiger partial charge in [-0.25, -0.2) is 0 Å². The van der Waals surface area contributed by atoms with Crippen LogP contribution in [0.3, 0.4) is 0 Å². The van der Waals surface area contributed by atoms with Gasteiger partial charge in [-0.05, 0) is 66.8 Å². The van der Waals surface area contributed by atoms with Gasteiger partial charge in [-0.3, -0.25) is 0 Å². The molecule has 0 amide bonds. The van der Waals surface area contributed by atoms with E-state index in [0.717, 1.165) is 24.4 Å². The largest absolute Gasteiger partial charge is 0.372 e. The SMILES string of the molecule is C/C(=C\CCC1(C)C2CC3C(C2)C31C)COCc1ccccc1. The molecule has 1 nitrogen and oxygen atoms in total. The molecule has 4 fully saturated rings. The molecule has 0 aliphatic heterocycles. The molecule has 0 saturated heterocycles. The van der Waals surface area contributed by atoms with Crippen LogP contribution in [0.1, 0.15) is 52.0 Å². The molecule has 4 bridgehead atoms. The normalized spacial score (nSPS) is 40.7. The number of ether oxygens (including phenoxy) is 1. The summed E-state index contributed by atoms with van der Waals surface area (Å²) in [6.45, 7) is 8.85. The van der Waals surface area contributed by atoms with Crippen LogP contribution in [-0.2, 0) is 11.3 Å². The van der Waals surface area contributed by atoms with Gasteiger partial charge in [0.1, 0.15) is 0 Å². The van der Waals surface area contributed by atoms with E-state index in [-0.39, 0.29) is 0 Å². The summed E-state index contributed by atoms with van der Waals surface area (Å²) in [4.78, 5) is 0. The molecule has 0 spiro atoms. The highest BCUT2D eigenvalue weighted by atomic mass is 16.5. The zero-order valence-electron chi connectivity index (χ0n) is 14.8.